The number of aromatic nitrogens is 1. The molecular weight excluding hydrogens is 304 g/mol. The van der Waals surface area contributed by atoms with E-state index in [4.69, 9.17) is 4.42 Å². The number of likely N-dealkylation sites (tertiary alicyclic amines) is 1. The SMILES string of the molecule is CC(C)C1N(C(=O)c2cccc3oc(=O)[nH]c23)CC12CCCCC2. The summed E-state index contributed by atoms with van der Waals surface area (Å²) in [5.74, 6) is -0.0750. The highest BCUT2D eigenvalue weighted by Crippen LogP contribution is 2.52. The number of hydrogen-bond acceptors (Lipinski definition) is 3. The van der Waals surface area contributed by atoms with Crippen molar-refractivity contribution >= 4 is 17.0 Å². The summed E-state index contributed by atoms with van der Waals surface area (Å²) < 4.78 is 5.09. The number of para-hydroxylation sites is 1. The quantitative estimate of drug-likeness (QED) is 0.917. The van der Waals surface area contributed by atoms with Gasteiger partial charge in [0.25, 0.3) is 5.91 Å². The molecule has 1 saturated heterocycles. The summed E-state index contributed by atoms with van der Waals surface area (Å²) >= 11 is 0. The molecule has 1 aliphatic heterocycles. The van der Waals surface area contributed by atoms with Gasteiger partial charge in [0.2, 0.25) is 0 Å². The van der Waals surface area contributed by atoms with Gasteiger partial charge in [-0.25, -0.2) is 4.79 Å². The fourth-order valence-electron chi connectivity index (χ4n) is 5.03. The zero-order chi connectivity index (χ0) is 16.9. The van der Waals surface area contributed by atoms with Gasteiger partial charge in [-0.15, -0.1) is 0 Å². The molecule has 1 amide bonds. The number of benzene rings is 1. The average Bonchev–Trinajstić information content (AvgIpc) is 2.92. The van der Waals surface area contributed by atoms with Gasteiger partial charge < -0.3 is 9.32 Å². The molecule has 1 aromatic heterocycles. The fourth-order valence-corrected chi connectivity index (χ4v) is 5.03. The van der Waals surface area contributed by atoms with Crippen LogP contribution in [0.15, 0.2) is 27.4 Å². The number of fused-ring (bicyclic) bond motifs is 1. The van der Waals surface area contributed by atoms with Crippen LogP contribution in [-0.4, -0.2) is 28.4 Å². The molecule has 1 aliphatic carbocycles. The first-order chi connectivity index (χ1) is 11.5. The first kappa shape index (κ1) is 15.5. The Bertz CT molecular complexity index is 826. The Hall–Kier alpha value is -2.04. The van der Waals surface area contributed by atoms with Crippen molar-refractivity contribution in [2.45, 2.75) is 52.0 Å². The molecule has 1 N–H and O–H groups in total. The molecule has 5 heteroatoms. The molecule has 5 nitrogen and oxygen atoms in total. The average molecular weight is 328 g/mol. The number of carbonyl (C=O) groups is 1. The minimum atomic E-state index is -0.516. The highest BCUT2D eigenvalue weighted by Gasteiger charge is 2.55. The molecule has 1 spiro atoms. The lowest BCUT2D eigenvalue weighted by atomic mass is 9.59. The number of oxazole rings is 1. The van der Waals surface area contributed by atoms with E-state index >= 15 is 0 Å². The summed E-state index contributed by atoms with van der Waals surface area (Å²) in [6.07, 6.45) is 6.32. The third-order valence-corrected chi connectivity index (χ3v) is 5.88. The van der Waals surface area contributed by atoms with E-state index in [1.54, 1.807) is 18.2 Å². The molecule has 2 heterocycles. The summed E-state index contributed by atoms with van der Waals surface area (Å²) in [5.41, 5.74) is 1.80. The van der Waals surface area contributed by atoms with Crippen molar-refractivity contribution in [3.05, 3.63) is 34.3 Å². The van der Waals surface area contributed by atoms with E-state index in [-0.39, 0.29) is 5.91 Å². The predicted molar refractivity (Wildman–Crippen MR) is 92.0 cm³/mol. The van der Waals surface area contributed by atoms with Gasteiger partial charge in [-0.3, -0.25) is 9.78 Å². The lowest BCUT2D eigenvalue weighted by Crippen LogP contribution is -2.68. The van der Waals surface area contributed by atoms with E-state index in [0.717, 1.165) is 6.54 Å². The second kappa shape index (κ2) is 5.50. The largest absolute Gasteiger partial charge is 0.417 e. The Kier molecular flexibility index (Phi) is 3.55. The summed E-state index contributed by atoms with van der Waals surface area (Å²) in [5, 5.41) is 0. The van der Waals surface area contributed by atoms with Crippen molar-refractivity contribution in [1.82, 2.24) is 9.88 Å². The van der Waals surface area contributed by atoms with Crippen LogP contribution in [-0.2, 0) is 0 Å². The lowest BCUT2D eigenvalue weighted by Gasteiger charge is -2.61. The Morgan fingerprint density at radius 1 is 1.29 bits per heavy atom. The molecular formula is C19H24N2O3. The van der Waals surface area contributed by atoms with E-state index in [2.05, 4.69) is 18.8 Å². The van der Waals surface area contributed by atoms with Crippen LogP contribution >= 0.6 is 0 Å². The maximum absolute atomic E-state index is 13.2. The highest BCUT2D eigenvalue weighted by molar-refractivity contribution is 6.04. The standard InChI is InChI=1S/C19H24N2O3/c1-12(2)16-19(9-4-3-5-10-19)11-21(16)17(22)13-7-6-8-14-15(13)20-18(23)24-14/h6-8,12,16H,3-5,9-11H2,1-2H3,(H,20,23). The van der Waals surface area contributed by atoms with Gasteiger partial charge in [0, 0.05) is 18.0 Å². The number of rotatable bonds is 2. The van der Waals surface area contributed by atoms with Crippen molar-refractivity contribution in [1.29, 1.82) is 0 Å². The third-order valence-electron chi connectivity index (χ3n) is 5.88. The second-order valence-electron chi connectivity index (χ2n) is 7.74. The molecule has 1 unspecified atom stereocenters. The van der Waals surface area contributed by atoms with Gasteiger partial charge in [-0.1, -0.05) is 39.2 Å². The maximum Gasteiger partial charge on any atom is 0.417 e. The monoisotopic (exact) mass is 328 g/mol. The first-order valence-corrected chi connectivity index (χ1v) is 8.95. The van der Waals surface area contributed by atoms with Crippen LogP contribution in [0.1, 0.15) is 56.3 Å². The number of nitrogens with zero attached hydrogens (tertiary/aromatic N) is 1. The molecule has 2 aromatic rings. The van der Waals surface area contributed by atoms with E-state index in [1.807, 2.05) is 4.90 Å². The molecule has 24 heavy (non-hydrogen) atoms. The minimum Gasteiger partial charge on any atom is -0.408 e. The summed E-state index contributed by atoms with van der Waals surface area (Å²) in [6, 6.07) is 5.55. The van der Waals surface area contributed by atoms with E-state index in [9.17, 15) is 9.59 Å². The molecule has 0 radical (unpaired) electrons. The van der Waals surface area contributed by atoms with Crippen LogP contribution in [0.4, 0.5) is 0 Å². The smallest absolute Gasteiger partial charge is 0.408 e. The first-order valence-electron chi connectivity index (χ1n) is 8.95. The zero-order valence-corrected chi connectivity index (χ0v) is 14.3. The number of H-pyrrole nitrogens is 1. The molecule has 128 valence electrons. The number of nitrogens with one attached hydrogen (secondary N) is 1. The van der Waals surface area contributed by atoms with Crippen molar-refractivity contribution in [3.63, 3.8) is 0 Å². The van der Waals surface area contributed by atoms with E-state index in [1.165, 1.54) is 32.1 Å². The van der Waals surface area contributed by atoms with Crippen LogP contribution in [0.25, 0.3) is 11.1 Å². The van der Waals surface area contributed by atoms with Crippen molar-refractivity contribution in [3.8, 4) is 0 Å². The van der Waals surface area contributed by atoms with E-state index < -0.39 is 5.76 Å². The molecule has 2 aliphatic rings. The summed E-state index contributed by atoms with van der Waals surface area (Å²) in [7, 11) is 0. The molecule has 1 aromatic carbocycles. The molecule has 2 fully saturated rings. The lowest BCUT2D eigenvalue weighted by molar-refractivity contribution is -0.0941. The Morgan fingerprint density at radius 3 is 2.75 bits per heavy atom. The molecule has 1 atom stereocenters. The molecule has 4 rings (SSSR count). The van der Waals surface area contributed by atoms with Crippen LogP contribution in [0, 0.1) is 11.3 Å². The number of amides is 1. The van der Waals surface area contributed by atoms with Crippen LogP contribution in [0.5, 0.6) is 0 Å². The van der Waals surface area contributed by atoms with Crippen molar-refractivity contribution in [2.24, 2.45) is 11.3 Å². The fraction of sp³-hybridized carbons (Fsp3) is 0.579. The van der Waals surface area contributed by atoms with Crippen LogP contribution in [0.3, 0.4) is 0 Å². The van der Waals surface area contributed by atoms with Crippen molar-refractivity contribution in [2.75, 3.05) is 6.54 Å². The van der Waals surface area contributed by atoms with E-state index in [0.29, 0.717) is 34.0 Å². The molecule has 0 bridgehead atoms. The number of carbonyl (C=O) groups excluding carboxylic acids is 1. The van der Waals surface area contributed by atoms with Gasteiger partial charge in [-0.05, 0) is 30.9 Å². The zero-order valence-electron chi connectivity index (χ0n) is 14.3. The van der Waals surface area contributed by atoms with Gasteiger partial charge >= 0.3 is 5.76 Å². The minimum absolute atomic E-state index is 0.00699. The normalized spacial score (nSPS) is 23.0. The summed E-state index contributed by atoms with van der Waals surface area (Å²) in [4.78, 5) is 29.3. The Balaban J connectivity index is 1.68. The Morgan fingerprint density at radius 2 is 2.04 bits per heavy atom. The second-order valence-corrected chi connectivity index (χ2v) is 7.74. The van der Waals surface area contributed by atoms with Gasteiger partial charge in [0.1, 0.15) is 0 Å². The topological polar surface area (TPSA) is 66.3 Å². The van der Waals surface area contributed by atoms with Crippen LogP contribution < -0.4 is 5.76 Å². The number of hydrogen-bond donors (Lipinski definition) is 1. The Labute approximate surface area is 141 Å². The van der Waals surface area contributed by atoms with Crippen molar-refractivity contribution < 1.29 is 9.21 Å². The van der Waals surface area contributed by atoms with Gasteiger partial charge in [0.15, 0.2) is 5.58 Å². The molecule has 1 saturated carbocycles. The summed E-state index contributed by atoms with van der Waals surface area (Å²) in [6.45, 7) is 5.26. The van der Waals surface area contributed by atoms with Crippen LogP contribution in [0.2, 0.25) is 0 Å². The van der Waals surface area contributed by atoms with Gasteiger partial charge in [0.05, 0.1) is 11.1 Å². The maximum atomic E-state index is 13.2. The highest BCUT2D eigenvalue weighted by atomic mass is 16.4. The van der Waals surface area contributed by atoms with Gasteiger partial charge in [-0.2, -0.15) is 0 Å². The predicted octanol–water partition coefficient (Wildman–Crippen LogP) is 3.55. The number of aromatic amines is 1. The third kappa shape index (κ3) is 2.21.